The first-order valence-corrected chi connectivity index (χ1v) is 7.29. The smallest absolute Gasteiger partial charge is 0.238 e. The zero-order valence-corrected chi connectivity index (χ0v) is 11.6. The second-order valence-electron chi connectivity index (χ2n) is 4.39. The van der Waals surface area contributed by atoms with E-state index in [1.165, 1.54) is 6.07 Å². The summed E-state index contributed by atoms with van der Waals surface area (Å²) in [7, 11) is -3.69. The van der Waals surface area contributed by atoms with Gasteiger partial charge in [0.25, 0.3) is 0 Å². The molecule has 0 fully saturated rings. The van der Waals surface area contributed by atoms with Crippen molar-refractivity contribution in [3.8, 4) is 11.5 Å². The standard InChI is InChI=1S/C14H15NO3S/c1-10-4-3-5-12(8-10)18-13-6-7-14(11(2)9-13)19(15,16)17/h3-9H,1-2H3,(H2,15,16,17). The van der Waals surface area contributed by atoms with Crippen molar-refractivity contribution in [3.63, 3.8) is 0 Å². The van der Waals surface area contributed by atoms with Gasteiger partial charge in [-0.25, -0.2) is 13.6 Å². The molecule has 0 aromatic heterocycles. The average molecular weight is 277 g/mol. The van der Waals surface area contributed by atoms with E-state index in [1.54, 1.807) is 19.1 Å². The van der Waals surface area contributed by atoms with E-state index in [2.05, 4.69) is 0 Å². The SMILES string of the molecule is Cc1cccc(Oc2ccc(S(N)(=O)=O)c(C)c2)c1. The Hall–Kier alpha value is -1.85. The summed E-state index contributed by atoms with van der Waals surface area (Å²) in [5.41, 5.74) is 1.66. The minimum absolute atomic E-state index is 0.115. The normalized spacial score (nSPS) is 11.3. The van der Waals surface area contributed by atoms with Gasteiger partial charge < -0.3 is 4.74 Å². The van der Waals surface area contributed by atoms with Gasteiger partial charge in [-0.2, -0.15) is 0 Å². The van der Waals surface area contributed by atoms with Gasteiger partial charge in [-0.3, -0.25) is 0 Å². The van der Waals surface area contributed by atoms with Gasteiger partial charge in [0, 0.05) is 0 Å². The largest absolute Gasteiger partial charge is 0.457 e. The van der Waals surface area contributed by atoms with Crippen LogP contribution in [0.15, 0.2) is 47.4 Å². The van der Waals surface area contributed by atoms with Crippen LogP contribution in [0.1, 0.15) is 11.1 Å². The molecule has 0 aliphatic rings. The van der Waals surface area contributed by atoms with Crippen LogP contribution in [0, 0.1) is 13.8 Å². The summed E-state index contributed by atoms with van der Waals surface area (Å²) >= 11 is 0. The number of rotatable bonds is 3. The van der Waals surface area contributed by atoms with Crippen molar-refractivity contribution in [2.75, 3.05) is 0 Å². The highest BCUT2D eigenvalue weighted by Gasteiger charge is 2.12. The molecule has 0 saturated carbocycles. The minimum Gasteiger partial charge on any atom is -0.457 e. The van der Waals surface area contributed by atoms with Crippen LogP contribution >= 0.6 is 0 Å². The topological polar surface area (TPSA) is 69.4 Å². The van der Waals surface area contributed by atoms with Crippen LogP contribution in [-0.4, -0.2) is 8.42 Å². The molecule has 19 heavy (non-hydrogen) atoms. The molecule has 5 heteroatoms. The number of ether oxygens (including phenoxy) is 1. The molecule has 0 atom stereocenters. The number of hydrogen-bond donors (Lipinski definition) is 1. The van der Waals surface area contributed by atoms with Crippen molar-refractivity contribution < 1.29 is 13.2 Å². The third-order valence-electron chi connectivity index (χ3n) is 2.68. The summed E-state index contributed by atoms with van der Waals surface area (Å²) in [6, 6.07) is 12.3. The third-order valence-corrected chi connectivity index (χ3v) is 3.75. The van der Waals surface area contributed by atoms with Gasteiger partial charge in [-0.1, -0.05) is 12.1 Å². The van der Waals surface area contributed by atoms with Gasteiger partial charge >= 0.3 is 0 Å². The maximum Gasteiger partial charge on any atom is 0.238 e. The number of benzene rings is 2. The second-order valence-corrected chi connectivity index (χ2v) is 5.92. The number of hydrogen-bond acceptors (Lipinski definition) is 3. The lowest BCUT2D eigenvalue weighted by Gasteiger charge is -2.09. The molecule has 0 saturated heterocycles. The Labute approximate surface area is 112 Å². The fourth-order valence-electron chi connectivity index (χ4n) is 1.82. The summed E-state index contributed by atoms with van der Waals surface area (Å²) in [5.74, 6) is 1.29. The van der Waals surface area contributed by atoms with Crippen LogP contribution in [0.25, 0.3) is 0 Å². The third kappa shape index (κ3) is 3.33. The predicted octanol–water partition coefficient (Wildman–Crippen LogP) is 2.74. The first-order chi connectivity index (χ1) is 8.86. The Morgan fingerprint density at radius 2 is 1.68 bits per heavy atom. The van der Waals surface area contributed by atoms with Gasteiger partial charge in [-0.15, -0.1) is 0 Å². The van der Waals surface area contributed by atoms with E-state index in [-0.39, 0.29) is 4.90 Å². The number of sulfonamides is 1. The summed E-state index contributed by atoms with van der Waals surface area (Å²) in [6.45, 7) is 3.66. The molecule has 2 aromatic rings. The highest BCUT2D eigenvalue weighted by atomic mass is 32.2. The van der Waals surface area contributed by atoms with E-state index in [1.807, 2.05) is 31.2 Å². The van der Waals surface area contributed by atoms with Crippen LogP contribution in [0.5, 0.6) is 11.5 Å². The lowest BCUT2D eigenvalue weighted by Crippen LogP contribution is -2.13. The maximum atomic E-state index is 11.3. The molecule has 4 nitrogen and oxygen atoms in total. The molecule has 100 valence electrons. The quantitative estimate of drug-likeness (QED) is 0.937. The zero-order valence-electron chi connectivity index (χ0n) is 10.8. The molecular weight excluding hydrogens is 262 g/mol. The molecule has 0 radical (unpaired) electrons. The molecule has 0 heterocycles. The Balaban J connectivity index is 2.31. The number of primary sulfonamides is 1. The second kappa shape index (κ2) is 5.03. The van der Waals surface area contributed by atoms with Crippen molar-refractivity contribution in [2.45, 2.75) is 18.7 Å². The van der Waals surface area contributed by atoms with E-state index in [9.17, 15) is 8.42 Å². The van der Waals surface area contributed by atoms with Gasteiger partial charge in [-0.05, 0) is 55.3 Å². The summed E-state index contributed by atoms with van der Waals surface area (Å²) < 4.78 is 28.3. The molecule has 0 amide bonds. The van der Waals surface area contributed by atoms with Gasteiger partial charge in [0.15, 0.2) is 0 Å². The van der Waals surface area contributed by atoms with Crippen LogP contribution in [-0.2, 0) is 10.0 Å². The van der Waals surface area contributed by atoms with E-state index >= 15 is 0 Å². The molecular formula is C14H15NO3S. The monoisotopic (exact) mass is 277 g/mol. The molecule has 0 unspecified atom stereocenters. The molecule has 0 spiro atoms. The van der Waals surface area contributed by atoms with Crippen LogP contribution in [0.2, 0.25) is 0 Å². The Morgan fingerprint density at radius 3 is 2.26 bits per heavy atom. The molecule has 0 aliphatic heterocycles. The van der Waals surface area contributed by atoms with Crippen LogP contribution < -0.4 is 9.88 Å². The lowest BCUT2D eigenvalue weighted by atomic mass is 10.2. The van der Waals surface area contributed by atoms with Crippen LogP contribution in [0.4, 0.5) is 0 Å². The summed E-state index contributed by atoms with van der Waals surface area (Å²) in [4.78, 5) is 0.115. The summed E-state index contributed by atoms with van der Waals surface area (Å²) in [5, 5.41) is 5.11. The molecule has 2 aromatic carbocycles. The zero-order chi connectivity index (χ0) is 14.0. The lowest BCUT2D eigenvalue weighted by molar-refractivity contribution is 0.481. The molecule has 0 aliphatic carbocycles. The maximum absolute atomic E-state index is 11.3. The van der Waals surface area contributed by atoms with E-state index in [0.717, 1.165) is 5.56 Å². The average Bonchev–Trinajstić information content (AvgIpc) is 2.27. The minimum atomic E-state index is -3.69. The summed E-state index contributed by atoms with van der Waals surface area (Å²) in [6.07, 6.45) is 0. The first kappa shape index (κ1) is 13.6. The van der Waals surface area contributed by atoms with Crippen molar-refractivity contribution >= 4 is 10.0 Å². The number of aryl methyl sites for hydroxylation is 2. The predicted molar refractivity (Wildman–Crippen MR) is 73.8 cm³/mol. The molecule has 0 bridgehead atoms. The fraction of sp³-hybridized carbons (Fsp3) is 0.143. The van der Waals surface area contributed by atoms with Crippen molar-refractivity contribution in [1.29, 1.82) is 0 Å². The highest BCUT2D eigenvalue weighted by molar-refractivity contribution is 7.89. The Morgan fingerprint density at radius 1 is 1.00 bits per heavy atom. The van der Waals surface area contributed by atoms with Gasteiger partial charge in [0.05, 0.1) is 4.90 Å². The molecule has 2 rings (SSSR count). The Kier molecular flexibility index (Phi) is 3.59. The molecule has 2 N–H and O–H groups in total. The first-order valence-electron chi connectivity index (χ1n) is 5.74. The highest BCUT2D eigenvalue weighted by Crippen LogP contribution is 2.25. The van der Waals surface area contributed by atoms with Crippen LogP contribution in [0.3, 0.4) is 0 Å². The van der Waals surface area contributed by atoms with Crippen molar-refractivity contribution in [3.05, 3.63) is 53.6 Å². The van der Waals surface area contributed by atoms with E-state index < -0.39 is 10.0 Å². The Bertz CT molecular complexity index is 708. The van der Waals surface area contributed by atoms with Gasteiger partial charge in [0.2, 0.25) is 10.0 Å². The van der Waals surface area contributed by atoms with Gasteiger partial charge in [0.1, 0.15) is 11.5 Å². The van der Waals surface area contributed by atoms with E-state index in [0.29, 0.717) is 17.1 Å². The van der Waals surface area contributed by atoms with E-state index in [4.69, 9.17) is 9.88 Å². The number of nitrogens with two attached hydrogens (primary N) is 1. The fourth-order valence-corrected chi connectivity index (χ4v) is 2.58. The van der Waals surface area contributed by atoms with Crippen molar-refractivity contribution in [1.82, 2.24) is 0 Å². The van der Waals surface area contributed by atoms with Crippen molar-refractivity contribution in [2.24, 2.45) is 5.14 Å².